The Morgan fingerprint density at radius 1 is 0.964 bits per heavy atom. The number of carbonyl (C=O) groups excluding carboxylic acids is 1. The van der Waals surface area contributed by atoms with Gasteiger partial charge in [0.05, 0.1) is 17.2 Å². The second-order valence-electron chi connectivity index (χ2n) is 6.15. The van der Waals surface area contributed by atoms with Gasteiger partial charge in [-0.05, 0) is 54.1 Å². The first-order valence-electron chi connectivity index (χ1n) is 8.57. The summed E-state index contributed by atoms with van der Waals surface area (Å²) in [6, 6.07) is 21.4. The Bertz CT molecular complexity index is 1070. The summed E-state index contributed by atoms with van der Waals surface area (Å²) in [6.07, 6.45) is 0. The Morgan fingerprint density at radius 2 is 1.64 bits per heavy atom. The molecule has 144 valence electrons. The normalized spacial score (nSPS) is 11.1. The quantitative estimate of drug-likeness (QED) is 0.670. The van der Waals surface area contributed by atoms with Crippen molar-refractivity contribution in [2.24, 2.45) is 0 Å². The number of nitrogens with zero attached hydrogens (tertiary/aromatic N) is 1. The summed E-state index contributed by atoms with van der Waals surface area (Å²) < 4.78 is 26.8. The third-order valence-corrected chi connectivity index (χ3v) is 6.06. The average Bonchev–Trinajstić information content (AvgIpc) is 2.74. The van der Waals surface area contributed by atoms with Gasteiger partial charge in [-0.3, -0.25) is 9.10 Å². The molecule has 0 spiro atoms. The van der Waals surface area contributed by atoms with Gasteiger partial charge in [-0.15, -0.1) is 0 Å². The van der Waals surface area contributed by atoms with E-state index in [9.17, 15) is 18.3 Å². The lowest BCUT2D eigenvalue weighted by atomic mass is 10.2. The summed E-state index contributed by atoms with van der Waals surface area (Å²) >= 11 is 0. The fourth-order valence-electron chi connectivity index (χ4n) is 2.66. The predicted molar refractivity (Wildman–Crippen MR) is 109 cm³/mol. The van der Waals surface area contributed by atoms with Crippen LogP contribution in [0.4, 0.5) is 11.4 Å². The van der Waals surface area contributed by atoms with Crippen molar-refractivity contribution in [3.05, 3.63) is 90.0 Å². The minimum atomic E-state index is -3.73. The molecule has 0 aromatic heterocycles. The van der Waals surface area contributed by atoms with Crippen LogP contribution in [0.15, 0.2) is 83.8 Å². The van der Waals surface area contributed by atoms with Gasteiger partial charge in [-0.1, -0.05) is 30.3 Å². The third kappa shape index (κ3) is 4.21. The van der Waals surface area contributed by atoms with E-state index in [1.807, 2.05) is 6.07 Å². The van der Waals surface area contributed by atoms with Gasteiger partial charge >= 0.3 is 0 Å². The van der Waals surface area contributed by atoms with Crippen LogP contribution < -0.4 is 9.62 Å². The molecule has 0 aliphatic carbocycles. The number of rotatable bonds is 6. The van der Waals surface area contributed by atoms with Crippen molar-refractivity contribution in [1.29, 1.82) is 0 Å². The molecule has 0 fully saturated rings. The second kappa shape index (κ2) is 8.24. The lowest BCUT2D eigenvalue weighted by Crippen LogP contribution is -2.26. The van der Waals surface area contributed by atoms with Crippen LogP contribution >= 0.6 is 0 Å². The molecule has 0 saturated heterocycles. The number of carbonyl (C=O) groups is 1. The Kier molecular flexibility index (Phi) is 5.77. The molecule has 6 nitrogen and oxygen atoms in total. The fraction of sp³-hybridized carbons (Fsp3) is 0.0952. The van der Waals surface area contributed by atoms with Crippen molar-refractivity contribution in [1.82, 2.24) is 0 Å². The van der Waals surface area contributed by atoms with E-state index in [0.29, 0.717) is 22.5 Å². The zero-order chi connectivity index (χ0) is 20.1. The Balaban J connectivity index is 1.78. The van der Waals surface area contributed by atoms with E-state index in [-0.39, 0.29) is 17.4 Å². The Morgan fingerprint density at radius 3 is 2.29 bits per heavy atom. The van der Waals surface area contributed by atoms with Crippen molar-refractivity contribution in [3.63, 3.8) is 0 Å². The smallest absolute Gasteiger partial charge is 0.264 e. The lowest BCUT2D eigenvalue weighted by Gasteiger charge is -2.19. The van der Waals surface area contributed by atoms with Crippen LogP contribution in [-0.2, 0) is 16.6 Å². The van der Waals surface area contributed by atoms with Crippen molar-refractivity contribution in [3.8, 4) is 0 Å². The molecule has 7 heteroatoms. The SMILES string of the molecule is CN(c1ccccc1)S(=O)(=O)c1ccc(C(=O)Nc2cccc(CO)c2)cc1. The minimum Gasteiger partial charge on any atom is -0.392 e. The molecule has 1 amide bonds. The molecular weight excluding hydrogens is 376 g/mol. The van der Waals surface area contributed by atoms with Gasteiger partial charge in [0.15, 0.2) is 0 Å². The molecule has 0 unspecified atom stereocenters. The monoisotopic (exact) mass is 396 g/mol. The number of aliphatic hydroxyl groups excluding tert-OH is 1. The summed E-state index contributed by atoms with van der Waals surface area (Å²) in [4.78, 5) is 12.5. The highest BCUT2D eigenvalue weighted by Crippen LogP contribution is 2.22. The summed E-state index contributed by atoms with van der Waals surface area (Å²) in [7, 11) is -2.24. The molecule has 3 aromatic carbocycles. The van der Waals surface area contributed by atoms with E-state index in [1.54, 1.807) is 48.5 Å². The summed E-state index contributed by atoms with van der Waals surface area (Å²) in [6.45, 7) is -0.120. The van der Waals surface area contributed by atoms with Crippen LogP contribution in [0, 0.1) is 0 Å². The number of aliphatic hydroxyl groups is 1. The van der Waals surface area contributed by atoms with E-state index in [2.05, 4.69) is 5.32 Å². The van der Waals surface area contributed by atoms with E-state index < -0.39 is 10.0 Å². The van der Waals surface area contributed by atoms with Crippen molar-refractivity contribution in [2.45, 2.75) is 11.5 Å². The van der Waals surface area contributed by atoms with Crippen LogP contribution in [0.2, 0.25) is 0 Å². The maximum atomic E-state index is 12.8. The van der Waals surface area contributed by atoms with Crippen LogP contribution in [0.3, 0.4) is 0 Å². The number of para-hydroxylation sites is 1. The van der Waals surface area contributed by atoms with Crippen molar-refractivity contribution in [2.75, 3.05) is 16.7 Å². The first-order chi connectivity index (χ1) is 13.4. The van der Waals surface area contributed by atoms with Crippen molar-refractivity contribution >= 4 is 27.3 Å². The number of hydrogen-bond acceptors (Lipinski definition) is 4. The fourth-order valence-corrected chi connectivity index (χ4v) is 3.86. The van der Waals surface area contributed by atoms with E-state index >= 15 is 0 Å². The van der Waals surface area contributed by atoms with E-state index in [4.69, 9.17) is 0 Å². The number of hydrogen-bond donors (Lipinski definition) is 2. The molecule has 0 heterocycles. The first kappa shape index (κ1) is 19.6. The standard InChI is InChI=1S/C21H20N2O4S/c1-23(19-8-3-2-4-9-19)28(26,27)20-12-10-17(11-13-20)21(25)22-18-7-5-6-16(14-18)15-24/h2-14,24H,15H2,1H3,(H,22,25). The molecule has 0 aliphatic heterocycles. The zero-order valence-corrected chi connectivity index (χ0v) is 16.1. The topological polar surface area (TPSA) is 86.7 Å². The first-order valence-corrected chi connectivity index (χ1v) is 10.0. The molecule has 0 atom stereocenters. The minimum absolute atomic E-state index is 0.0951. The summed E-state index contributed by atoms with van der Waals surface area (Å²) in [5.74, 6) is -0.365. The third-order valence-electron chi connectivity index (χ3n) is 4.26. The second-order valence-corrected chi connectivity index (χ2v) is 8.11. The highest BCUT2D eigenvalue weighted by molar-refractivity contribution is 7.92. The number of amides is 1. The molecular formula is C21H20N2O4S. The number of sulfonamides is 1. The van der Waals surface area contributed by atoms with Gasteiger partial charge in [0, 0.05) is 18.3 Å². The summed E-state index contributed by atoms with van der Waals surface area (Å²) in [5, 5.41) is 11.9. The van der Waals surface area contributed by atoms with Gasteiger partial charge < -0.3 is 10.4 Å². The average molecular weight is 396 g/mol. The van der Waals surface area contributed by atoms with E-state index in [0.717, 1.165) is 0 Å². The maximum Gasteiger partial charge on any atom is 0.264 e. The molecule has 0 saturated carbocycles. The molecule has 0 aliphatic rings. The van der Waals surface area contributed by atoms with Gasteiger partial charge in [-0.25, -0.2) is 8.42 Å². The number of anilines is 2. The van der Waals surface area contributed by atoms with Crippen LogP contribution in [0.1, 0.15) is 15.9 Å². The molecule has 0 bridgehead atoms. The Hall–Kier alpha value is -3.16. The van der Waals surface area contributed by atoms with Crippen molar-refractivity contribution < 1.29 is 18.3 Å². The highest BCUT2D eigenvalue weighted by atomic mass is 32.2. The molecule has 2 N–H and O–H groups in total. The highest BCUT2D eigenvalue weighted by Gasteiger charge is 2.21. The molecule has 3 aromatic rings. The zero-order valence-electron chi connectivity index (χ0n) is 15.2. The number of benzene rings is 3. The van der Waals surface area contributed by atoms with Gasteiger partial charge in [-0.2, -0.15) is 0 Å². The maximum absolute atomic E-state index is 12.8. The van der Waals surface area contributed by atoms with Gasteiger partial charge in [0.2, 0.25) is 0 Å². The predicted octanol–water partition coefficient (Wildman–Crippen LogP) is 3.26. The largest absolute Gasteiger partial charge is 0.392 e. The molecule has 3 rings (SSSR count). The van der Waals surface area contributed by atoms with Crippen LogP contribution in [0.25, 0.3) is 0 Å². The molecule has 28 heavy (non-hydrogen) atoms. The van der Waals surface area contributed by atoms with Crippen LogP contribution in [-0.4, -0.2) is 26.5 Å². The summed E-state index contributed by atoms with van der Waals surface area (Å²) in [5.41, 5.74) is 2.11. The Labute approximate surface area is 164 Å². The van der Waals surface area contributed by atoms with Gasteiger partial charge in [0.25, 0.3) is 15.9 Å². The van der Waals surface area contributed by atoms with Crippen LogP contribution in [0.5, 0.6) is 0 Å². The van der Waals surface area contributed by atoms with E-state index in [1.165, 1.54) is 35.6 Å². The van der Waals surface area contributed by atoms with Gasteiger partial charge in [0.1, 0.15) is 0 Å². The molecule has 0 radical (unpaired) electrons. The lowest BCUT2D eigenvalue weighted by molar-refractivity contribution is 0.102. The number of nitrogens with one attached hydrogen (secondary N) is 1.